The van der Waals surface area contributed by atoms with Crippen molar-refractivity contribution in [1.29, 1.82) is 0 Å². The largest absolute Gasteiger partial charge is 0.312 e. The van der Waals surface area contributed by atoms with Crippen LogP contribution in [0.2, 0.25) is 0 Å². The maximum Gasteiger partial charge on any atom is 0.250 e. The van der Waals surface area contributed by atoms with E-state index >= 15 is 0 Å². The molecule has 4 nitrogen and oxygen atoms in total. The molecule has 1 aromatic heterocycles. The molecular weight excluding hydrogens is 292 g/mol. The second-order valence-corrected chi connectivity index (χ2v) is 8.91. The van der Waals surface area contributed by atoms with Crippen molar-refractivity contribution in [3.8, 4) is 0 Å². The molecule has 2 rings (SSSR count). The summed E-state index contributed by atoms with van der Waals surface area (Å²) in [7, 11) is -3.37. The maximum atomic E-state index is 12.4. The van der Waals surface area contributed by atoms with Gasteiger partial charge in [0.2, 0.25) is 0 Å². The average molecular weight is 316 g/mol. The Bertz CT molecular complexity index is 560. The van der Waals surface area contributed by atoms with Gasteiger partial charge < -0.3 is 5.32 Å². The van der Waals surface area contributed by atoms with Crippen molar-refractivity contribution in [3.63, 3.8) is 0 Å². The van der Waals surface area contributed by atoms with E-state index in [2.05, 4.69) is 17.0 Å². The minimum Gasteiger partial charge on any atom is -0.312 e. The van der Waals surface area contributed by atoms with Crippen LogP contribution in [0.4, 0.5) is 0 Å². The van der Waals surface area contributed by atoms with Crippen LogP contribution in [-0.2, 0) is 16.6 Å². The lowest BCUT2D eigenvalue weighted by Gasteiger charge is -2.38. The van der Waals surface area contributed by atoms with Gasteiger partial charge >= 0.3 is 0 Å². The molecule has 1 aliphatic rings. The molecule has 0 unspecified atom stereocenters. The van der Waals surface area contributed by atoms with E-state index in [9.17, 15) is 8.42 Å². The minimum atomic E-state index is -3.37. The molecule has 0 bridgehead atoms. The zero-order valence-corrected chi connectivity index (χ0v) is 14.1. The fourth-order valence-electron chi connectivity index (χ4n) is 2.36. The van der Waals surface area contributed by atoms with E-state index in [1.807, 2.05) is 13.8 Å². The highest BCUT2D eigenvalue weighted by atomic mass is 32.2. The van der Waals surface area contributed by atoms with Crippen molar-refractivity contribution < 1.29 is 8.42 Å². The highest BCUT2D eigenvalue weighted by Crippen LogP contribution is 2.34. The first-order chi connectivity index (χ1) is 9.36. The number of nitrogens with one attached hydrogen (secondary N) is 2. The molecule has 0 atom stereocenters. The van der Waals surface area contributed by atoms with Gasteiger partial charge in [-0.1, -0.05) is 6.92 Å². The van der Waals surface area contributed by atoms with Gasteiger partial charge in [-0.05, 0) is 57.7 Å². The summed E-state index contributed by atoms with van der Waals surface area (Å²) in [5.74, 6) is 0. The number of hydrogen-bond acceptors (Lipinski definition) is 4. The van der Waals surface area contributed by atoms with E-state index in [1.165, 1.54) is 11.3 Å². The SMILES string of the molecule is CCCNCc1sc(S(=O)(=O)NC2(C)CCC2)cc1C. The van der Waals surface area contributed by atoms with Crippen LogP contribution < -0.4 is 10.0 Å². The monoisotopic (exact) mass is 316 g/mol. The zero-order valence-electron chi connectivity index (χ0n) is 12.5. The van der Waals surface area contributed by atoms with E-state index in [-0.39, 0.29) is 5.54 Å². The molecule has 1 fully saturated rings. The van der Waals surface area contributed by atoms with Crippen LogP contribution in [0.25, 0.3) is 0 Å². The van der Waals surface area contributed by atoms with Crippen molar-refractivity contribution in [2.75, 3.05) is 6.54 Å². The quantitative estimate of drug-likeness (QED) is 0.761. The Morgan fingerprint density at radius 3 is 2.65 bits per heavy atom. The molecule has 1 aliphatic carbocycles. The number of sulfonamides is 1. The number of aryl methyl sites for hydroxylation is 1. The Morgan fingerprint density at radius 1 is 1.40 bits per heavy atom. The van der Waals surface area contributed by atoms with Crippen molar-refractivity contribution in [1.82, 2.24) is 10.0 Å². The second-order valence-electron chi connectivity index (χ2n) is 5.87. The lowest BCUT2D eigenvalue weighted by atomic mass is 9.80. The van der Waals surface area contributed by atoms with E-state index in [1.54, 1.807) is 6.07 Å². The standard InChI is InChI=1S/C14H24N2O2S2/c1-4-8-15-10-12-11(2)9-13(19-12)20(17,18)16-14(3)6-5-7-14/h9,15-16H,4-8,10H2,1-3H3. The van der Waals surface area contributed by atoms with Crippen LogP contribution in [0.1, 0.15) is 50.0 Å². The normalized spacial score (nSPS) is 17.9. The van der Waals surface area contributed by atoms with Crippen LogP contribution >= 0.6 is 11.3 Å². The molecule has 0 saturated heterocycles. The van der Waals surface area contributed by atoms with Crippen LogP contribution in [0.3, 0.4) is 0 Å². The topological polar surface area (TPSA) is 58.2 Å². The Balaban J connectivity index is 2.09. The van der Waals surface area contributed by atoms with Gasteiger partial charge in [0.15, 0.2) is 0 Å². The van der Waals surface area contributed by atoms with Crippen LogP contribution in [0.15, 0.2) is 10.3 Å². The molecule has 20 heavy (non-hydrogen) atoms. The molecule has 0 aromatic carbocycles. The van der Waals surface area contributed by atoms with Crippen molar-refractivity contribution in [2.24, 2.45) is 0 Å². The van der Waals surface area contributed by atoms with E-state index < -0.39 is 10.0 Å². The molecule has 0 aliphatic heterocycles. The fourth-order valence-corrected chi connectivity index (χ4v) is 5.38. The molecule has 2 N–H and O–H groups in total. The van der Waals surface area contributed by atoms with Gasteiger partial charge in [-0.25, -0.2) is 13.1 Å². The Labute approximate surface area is 126 Å². The van der Waals surface area contributed by atoms with Crippen LogP contribution in [-0.4, -0.2) is 20.5 Å². The summed E-state index contributed by atoms with van der Waals surface area (Å²) in [6.45, 7) is 7.78. The minimum absolute atomic E-state index is 0.239. The highest BCUT2D eigenvalue weighted by Gasteiger charge is 2.36. The average Bonchev–Trinajstić information content (AvgIpc) is 2.70. The van der Waals surface area contributed by atoms with Gasteiger partial charge in [-0.15, -0.1) is 11.3 Å². The number of hydrogen-bond donors (Lipinski definition) is 2. The van der Waals surface area contributed by atoms with Gasteiger partial charge in [0.25, 0.3) is 10.0 Å². The van der Waals surface area contributed by atoms with Gasteiger partial charge in [-0.2, -0.15) is 0 Å². The first-order valence-electron chi connectivity index (χ1n) is 7.20. The van der Waals surface area contributed by atoms with Crippen LogP contribution in [0, 0.1) is 6.92 Å². The number of thiophene rings is 1. The van der Waals surface area contributed by atoms with Gasteiger partial charge in [0, 0.05) is 17.0 Å². The molecule has 0 amide bonds. The lowest BCUT2D eigenvalue weighted by molar-refractivity contribution is 0.248. The summed E-state index contributed by atoms with van der Waals surface area (Å²) in [6, 6.07) is 1.79. The van der Waals surface area contributed by atoms with Crippen molar-refractivity contribution in [3.05, 3.63) is 16.5 Å². The van der Waals surface area contributed by atoms with Crippen LogP contribution in [0.5, 0.6) is 0 Å². The molecule has 1 aromatic rings. The fraction of sp³-hybridized carbons (Fsp3) is 0.714. The molecule has 0 radical (unpaired) electrons. The smallest absolute Gasteiger partial charge is 0.250 e. The maximum absolute atomic E-state index is 12.4. The summed E-state index contributed by atoms with van der Waals surface area (Å²) >= 11 is 1.38. The third kappa shape index (κ3) is 3.61. The second kappa shape index (κ2) is 6.13. The predicted octanol–water partition coefficient (Wildman–Crippen LogP) is 2.78. The molecule has 1 saturated carbocycles. The third-order valence-electron chi connectivity index (χ3n) is 3.81. The first kappa shape index (κ1) is 15.9. The molecular formula is C14H24N2O2S2. The Morgan fingerprint density at radius 2 is 2.10 bits per heavy atom. The third-order valence-corrected chi connectivity index (χ3v) is 7.16. The predicted molar refractivity (Wildman–Crippen MR) is 83.6 cm³/mol. The van der Waals surface area contributed by atoms with E-state index in [0.717, 1.165) is 49.2 Å². The summed E-state index contributed by atoms with van der Waals surface area (Å²) in [5.41, 5.74) is 0.815. The highest BCUT2D eigenvalue weighted by molar-refractivity contribution is 7.91. The summed E-state index contributed by atoms with van der Waals surface area (Å²) in [5, 5.41) is 3.32. The Kier molecular flexibility index (Phi) is 4.89. The Hall–Kier alpha value is -0.430. The summed E-state index contributed by atoms with van der Waals surface area (Å²) in [4.78, 5) is 1.11. The summed E-state index contributed by atoms with van der Waals surface area (Å²) in [6.07, 6.45) is 4.05. The van der Waals surface area contributed by atoms with Crippen molar-refractivity contribution in [2.45, 2.75) is 62.7 Å². The lowest BCUT2D eigenvalue weighted by Crippen LogP contribution is -2.50. The van der Waals surface area contributed by atoms with E-state index in [4.69, 9.17) is 0 Å². The summed E-state index contributed by atoms with van der Waals surface area (Å²) < 4.78 is 28.1. The first-order valence-corrected chi connectivity index (χ1v) is 9.50. The number of rotatable bonds is 7. The molecule has 114 valence electrons. The van der Waals surface area contributed by atoms with Crippen molar-refractivity contribution >= 4 is 21.4 Å². The van der Waals surface area contributed by atoms with E-state index in [0.29, 0.717) is 4.21 Å². The van der Waals surface area contributed by atoms with Gasteiger partial charge in [0.1, 0.15) is 4.21 Å². The zero-order chi connectivity index (χ0) is 14.8. The molecule has 6 heteroatoms. The molecule has 0 spiro atoms. The van der Waals surface area contributed by atoms with Gasteiger partial charge in [-0.3, -0.25) is 0 Å². The molecule has 1 heterocycles. The van der Waals surface area contributed by atoms with Gasteiger partial charge in [0.05, 0.1) is 0 Å².